The Kier molecular flexibility index (Phi) is 5.22. The Hall–Kier alpha value is -2.81. The average Bonchev–Trinajstić information content (AvgIpc) is 2.61. The van der Waals surface area contributed by atoms with Crippen molar-refractivity contribution in [1.29, 1.82) is 0 Å². The third-order valence-electron chi connectivity index (χ3n) is 4.34. The molecule has 0 saturated carbocycles. The van der Waals surface area contributed by atoms with Crippen LogP contribution in [-0.2, 0) is 10.0 Å². The number of nitrogens with zero attached hydrogens (tertiary/aromatic N) is 2. The highest BCUT2D eigenvalue weighted by atomic mass is 32.2. The number of carboxylic acids is 1. The zero-order valence-corrected chi connectivity index (χ0v) is 15.5. The Morgan fingerprint density at radius 3 is 2.19 bits per heavy atom. The molecule has 0 radical (unpaired) electrons. The summed E-state index contributed by atoms with van der Waals surface area (Å²) < 4.78 is 39.0. The lowest BCUT2D eigenvalue weighted by Crippen LogP contribution is -2.47. The van der Waals surface area contributed by atoms with E-state index in [0.29, 0.717) is 37.6 Å². The summed E-state index contributed by atoms with van der Waals surface area (Å²) in [5.41, 5.74) is 1.25. The SMILES string of the molecule is CS(=O)(=O)Nc1ccc(N2CCN(c3ccccc3F)CC2)c(C(=O)O)c1. The number of aromatic carboxylic acids is 1. The summed E-state index contributed by atoms with van der Waals surface area (Å²) in [5.74, 6) is -1.42. The van der Waals surface area contributed by atoms with Crippen molar-refractivity contribution in [3.63, 3.8) is 0 Å². The number of rotatable bonds is 5. The molecule has 3 rings (SSSR count). The van der Waals surface area contributed by atoms with Crippen molar-refractivity contribution in [1.82, 2.24) is 0 Å². The molecule has 144 valence electrons. The predicted molar refractivity (Wildman–Crippen MR) is 103 cm³/mol. The molecule has 9 heteroatoms. The summed E-state index contributed by atoms with van der Waals surface area (Å²) >= 11 is 0. The highest BCUT2D eigenvalue weighted by Gasteiger charge is 2.23. The van der Waals surface area contributed by atoms with Crippen LogP contribution >= 0.6 is 0 Å². The molecule has 0 spiro atoms. The predicted octanol–water partition coefficient (Wildman–Crippen LogP) is 2.22. The average molecular weight is 393 g/mol. The van der Waals surface area contributed by atoms with Crippen LogP contribution in [0, 0.1) is 5.82 Å². The van der Waals surface area contributed by atoms with E-state index in [-0.39, 0.29) is 17.1 Å². The first kappa shape index (κ1) is 19.0. The topological polar surface area (TPSA) is 90.0 Å². The maximum absolute atomic E-state index is 14.0. The van der Waals surface area contributed by atoms with Gasteiger partial charge in [-0.3, -0.25) is 4.72 Å². The molecule has 0 aromatic heterocycles. The van der Waals surface area contributed by atoms with Gasteiger partial charge in [0.05, 0.1) is 23.2 Å². The Labute approximate surface area is 157 Å². The van der Waals surface area contributed by atoms with Gasteiger partial charge in [0.1, 0.15) is 5.82 Å². The molecule has 0 aliphatic carbocycles. The first-order valence-electron chi connectivity index (χ1n) is 8.34. The lowest BCUT2D eigenvalue weighted by atomic mass is 10.1. The van der Waals surface area contributed by atoms with Gasteiger partial charge in [0.25, 0.3) is 0 Å². The molecular formula is C18H20FN3O4S. The maximum atomic E-state index is 14.0. The summed E-state index contributed by atoms with van der Waals surface area (Å²) in [6.07, 6.45) is 1.00. The zero-order chi connectivity index (χ0) is 19.6. The molecule has 1 fully saturated rings. The Bertz CT molecular complexity index is 957. The van der Waals surface area contributed by atoms with Crippen LogP contribution in [0.15, 0.2) is 42.5 Å². The number of carbonyl (C=O) groups is 1. The number of hydrogen-bond acceptors (Lipinski definition) is 5. The molecule has 1 heterocycles. The fourth-order valence-electron chi connectivity index (χ4n) is 3.16. The third kappa shape index (κ3) is 4.48. The Morgan fingerprint density at radius 1 is 1.04 bits per heavy atom. The van der Waals surface area contributed by atoms with Gasteiger partial charge in [-0.15, -0.1) is 0 Å². The van der Waals surface area contributed by atoms with Crippen LogP contribution < -0.4 is 14.5 Å². The van der Waals surface area contributed by atoms with Crippen molar-refractivity contribution >= 4 is 33.1 Å². The minimum absolute atomic E-state index is 0.0167. The first-order valence-corrected chi connectivity index (χ1v) is 10.2. The highest BCUT2D eigenvalue weighted by Crippen LogP contribution is 2.28. The quantitative estimate of drug-likeness (QED) is 0.810. The molecule has 27 heavy (non-hydrogen) atoms. The summed E-state index contributed by atoms with van der Waals surface area (Å²) in [6, 6.07) is 11.0. The van der Waals surface area contributed by atoms with Gasteiger partial charge in [0.15, 0.2) is 0 Å². The highest BCUT2D eigenvalue weighted by molar-refractivity contribution is 7.92. The molecule has 1 saturated heterocycles. The van der Waals surface area contributed by atoms with E-state index in [2.05, 4.69) is 4.72 Å². The van der Waals surface area contributed by atoms with Crippen molar-refractivity contribution in [3.8, 4) is 0 Å². The summed E-state index contributed by atoms with van der Waals surface area (Å²) in [4.78, 5) is 15.5. The van der Waals surface area contributed by atoms with Gasteiger partial charge in [0.2, 0.25) is 10.0 Å². The lowest BCUT2D eigenvalue weighted by molar-refractivity contribution is 0.0697. The number of anilines is 3. The Balaban J connectivity index is 1.79. The number of halogens is 1. The van der Waals surface area contributed by atoms with E-state index < -0.39 is 16.0 Å². The first-order chi connectivity index (χ1) is 12.7. The van der Waals surface area contributed by atoms with Crippen molar-refractivity contribution in [2.24, 2.45) is 0 Å². The van der Waals surface area contributed by atoms with Crippen molar-refractivity contribution in [2.45, 2.75) is 0 Å². The van der Waals surface area contributed by atoms with Gasteiger partial charge >= 0.3 is 5.97 Å². The van der Waals surface area contributed by atoms with Gasteiger partial charge in [-0.1, -0.05) is 12.1 Å². The van der Waals surface area contributed by atoms with Gasteiger partial charge in [0, 0.05) is 31.9 Å². The third-order valence-corrected chi connectivity index (χ3v) is 4.95. The second-order valence-electron chi connectivity index (χ2n) is 6.34. The molecule has 2 N–H and O–H groups in total. The summed E-state index contributed by atoms with van der Waals surface area (Å²) in [5, 5.41) is 9.52. The standard InChI is InChI=1S/C18H20FN3O4S/c1-27(25,26)20-13-6-7-16(14(12-13)18(23)24)21-8-10-22(11-9-21)17-5-3-2-4-15(17)19/h2-7,12,20H,8-11H2,1H3,(H,23,24). The Morgan fingerprint density at radius 2 is 1.63 bits per heavy atom. The van der Waals surface area contributed by atoms with E-state index in [1.807, 2.05) is 9.80 Å². The number of benzene rings is 2. The molecule has 1 aliphatic rings. The maximum Gasteiger partial charge on any atom is 0.337 e. The molecular weight excluding hydrogens is 373 g/mol. The van der Waals surface area contributed by atoms with Crippen LogP contribution in [0.5, 0.6) is 0 Å². The van der Waals surface area contributed by atoms with Crippen LogP contribution in [0.3, 0.4) is 0 Å². The van der Waals surface area contributed by atoms with E-state index in [0.717, 1.165) is 6.26 Å². The summed E-state index contributed by atoms with van der Waals surface area (Å²) in [7, 11) is -3.50. The molecule has 2 aromatic carbocycles. The zero-order valence-electron chi connectivity index (χ0n) is 14.7. The van der Waals surface area contributed by atoms with Crippen molar-refractivity contribution in [2.75, 3.05) is 47.0 Å². The minimum atomic E-state index is -3.50. The molecule has 7 nitrogen and oxygen atoms in total. The normalized spacial score (nSPS) is 14.9. The fourth-order valence-corrected chi connectivity index (χ4v) is 3.71. The number of piperazine rings is 1. The van der Waals surface area contributed by atoms with Gasteiger partial charge in [-0.05, 0) is 30.3 Å². The molecule has 1 aliphatic heterocycles. The fraction of sp³-hybridized carbons (Fsp3) is 0.278. The molecule has 0 bridgehead atoms. The van der Waals surface area contributed by atoms with Gasteiger partial charge < -0.3 is 14.9 Å². The van der Waals surface area contributed by atoms with Crippen molar-refractivity contribution in [3.05, 3.63) is 53.8 Å². The van der Waals surface area contributed by atoms with E-state index >= 15 is 0 Å². The second kappa shape index (κ2) is 7.43. The largest absolute Gasteiger partial charge is 0.478 e. The number of nitrogens with one attached hydrogen (secondary N) is 1. The lowest BCUT2D eigenvalue weighted by Gasteiger charge is -2.38. The smallest absolute Gasteiger partial charge is 0.337 e. The van der Waals surface area contributed by atoms with Gasteiger partial charge in [-0.2, -0.15) is 0 Å². The number of sulfonamides is 1. The van der Waals surface area contributed by atoms with Crippen LogP contribution in [-0.4, -0.2) is 51.9 Å². The molecule has 0 amide bonds. The number of hydrogen-bond donors (Lipinski definition) is 2. The molecule has 0 unspecified atom stereocenters. The van der Waals surface area contributed by atoms with Crippen LogP contribution in [0.1, 0.15) is 10.4 Å². The van der Waals surface area contributed by atoms with E-state index in [1.165, 1.54) is 18.2 Å². The van der Waals surface area contributed by atoms with E-state index in [1.54, 1.807) is 24.3 Å². The second-order valence-corrected chi connectivity index (χ2v) is 8.09. The number of carboxylic acid groups (broad SMARTS) is 1. The van der Waals surface area contributed by atoms with E-state index in [4.69, 9.17) is 0 Å². The summed E-state index contributed by atoms with van der Waals surface area (Å²) in [6.45, 7) is 2.13. The molecule has 2 aromatic rings. The van der Waals surface area contributed by atoms with Crippen LogP contribution in [0.25, 0.3) is 0 Å². The van der Waals surface area contributed by atoms with Crippen LogP contribution in [0.4, 0.5) is 21.5 Å². The van der Waals surface area contributed by atoms with Gasteiger partial charge in [-0.25, -0.2) is 17.6 Å². The monoisotopic (exact) mass is 393 g/mol. The minimum Gasteiger partial charge on any atom is -0.478 e. The van der Waals surface area contributed by atoms with Crippen molar-refractivity contribution < 1.29 is 22.7 Å². The number of para-hydroxylation sites is 1. The molecule has 0 atom stereocenters. The van der Waals surface area contributed by atoms with Crippen LogP contribution in [0.2, 0.25) is 0 Å². The van der Waals surface area contributed by atoms with E-state index in [9.17, 15) is 22.7 Å².